The lowest BCUT2D eigenvalue weighted by Gasteiger charge is -2.11. The summed E-state index contributed by atoms with van der Waals surface area (Å²) in [6.45, 7) is 8.82. The lowest BCUT2D eigenvalue weighted by molar-refractivity contribution is -0.148. The average molecular weight is 186 g/mol. The first-order valence-electron chi connectivity index (χ1n) is 5.28. The van der Waals surface area contributed by atoms with Crippen molar-refractivity contribution >= 4 is 5.97 Å². The van der Waals surface area contributed by atoms with Gasteiger partial charge in [0.15, 0.2) is 0 Å². The molecule has 0 heterocycles. The number of carbonyl (C=O) groups is 1. The molecule has 0 aliphatic carbocycles. The van der Waals surface area contributed by atoms with Gasteiger partial charge in [0.05, 0.1) is 12.5 Å². The van der Waals surface area contributed by atoms with Crippen molar-refractivity contribution in [3.63, 3.8) is 0 Å². The monoisotopic (exact) mass is 186 g/mol. The second-order valence-electron chi connectivity index (χ2n) is 3.78. The quantitative estimate of drug-likeness (QED) is 0.596. The predicted octanol–water partition coefficient (Wildman–Crippen LogP) is 3.01. The molecule has 2 heteroatoms. The van der Waals surface area contributed by atoms with Gasteiger partial charge in [-0.2, -0.15) is 0 Å². The fourth-order valence-electron chi connectivity index (χ4n) is 0.874. The molecule has 0 aliphatic heterocycles. The first-order chi connectivity index (χ1) is 6.11. The minimum absolute atomic E-state index is 0.0502. The molecule has 0 saturated heterocycles. The molecule has 0 aromatic heterocycles. The van der Waals surface area contributed by atoms with Crippen LogP contribution in [0.4, 0.5) is 0 Å². The van der Waals surface area contributed by atoms with E-state index in [0.29, 0.717) is 12.5 Å². The van der Waals surface area contributed by atoms with E-state index in [9.17, 15) is 4.79 Å². The zero-order chi connectivity index (χ0) is 10.3. The van der Waals surface area contributed by atoms with Gasteiger partial charge in [-0.15, -0.1) is 0 Å². The molecule has 0 N–H and O–H groups in total. The van der Waals surface area contributed by atoms with Gasteiger partial charge >= 0.3 is 5.97 Å². The third-order valence-electron chi connectivity index (χ3n) is 2.57. The molecule has 13 heavy (non-hydrogen) atoms. The number of esters is 1. The highest BCUT2D eigenvalue weighted by Gasteiger charge is 2.11. The maximum Gasteiger partial charge on any atom is 0.308 e. The van der Waals surface area contributed by atoms with Crippen molar-refractivity contribution in [2.24, 2.45) is 11.8 Å². The van der Waals surface area contributed by atoms with Gasteiger partial charge in [0.25, 0.3) is 0 Å². The summed E-state index contributed by atoms with van der Waals surface area (Å²) in [5, 5.41) is 0. The molecule has 0 radical (unpaired) electrons. The molecule has 0 saturated carbocycles. The Hall–Kier alpha value is -0.530. The van der Waals surface area contributed by atoms with Crippen LogP contribution in [0, 0.1) is 11.8 Å². The van der Waals surface area contributed by atoms with E-state index in [2.05, 4.69) is 13.8 Å². The van der Waals surface area contributed by atoms with Gasteiger partial charge in [-0.3, -0.25) is 4.79 Å². The van der Waals surface area contributed by atoms with E-state index in [1.165, 1.54) is 0 Å². The highest BCUT2D eigenvalue weighted by atomic mass is 16.5. The standard InChI is InChI=1S/C11H22O2/c1-5-9(3)7-8-13-11(12)10(4)6-2/h9-10H,5-8H2,1-4H3. The second kappa shape index (κ2) is 6.93. The highest BCUT2D eigenvalue weighted by molar-refractivity contribution is 5.71. The van der Waals surface area contributed by atoms with Crippen LogP contribution in [0.25, 0.3) is 0 Å². The summed E-state index contributed by atoms with van der Waals surface area (Å²) < 4.78 is 5.13. The fraction of sp³-hybridized carbons (Fsp3) is 0.909. The van der Waals surface area contributed by atoms with E-state index in [-0.39, 0.29) is 11.9 Å². The van der Waals surface area contributed by atoms with Crippen LogP contribution in [0.3, 0.4) is 0 Å². The topological polar surface area (TPSA) is 26.3 Å². The third-order valence-corrected chi connectivity index (χ3v) is 2.57. The lowest BCUT2D eigenvalue weighted by atomic mass is 10.1. The Bertz CT molecular complexity index is 143. The van der Waals surface area contributed by atoms with Crippen LogP contribution in [0.15, 0.2) is 0 Å². The number of hydrogen-bond donors (Lipinski definition) is 0. The maximum atomic E-state index is 11.2. The van der Waals surface area contributed by atoms with Gasteiger partial charge < -0.3 is 4.74 Å². The minimum atomic E-state index is -0.0502. The Balaban J connectivity index is 3.47. The Morgan fingerprint density at radius 3 is 2.31 bits per heavy atom. The van der Waals surface area contributed by atoms with Crippen molar-refractivity contribution in [1.82, 2.24) is 0 Å². The molecule has 2 unspecified atom stereocenters. The predicted molar refractivity (Wildman–Crippen MR) is 54.5 cm³/mol. The van der Waals surface area contributed by atoms with Gasteiger partial charge in [0, 0.05) is 0 Å². The first kappa shape index (κ1) is 12.5. The molecular weight excluding hydrogens is 164 g/mol. The summed E-state index contributed by atoms with van der Waals surface area (Å²) in [7, 11) is 0. The maximum absolute atomic E-state index is 11.2. The molecule has 0 aromatic carbocycles. The zero-order valence-electron chi connectivity index (χ0n) is 9.30. The van der Waals surface area contributed by atoms with Crippen LogP contribution in [0.2, 0.25) is 0 Å². The van der Waals surface area contributed by atoms with Gasteiger partial charge in [-0.05, 0) is 18.8 Å². The summed E-state index contributed by atoms with van der Waals surface area (Å²) in [6, 6.07) is 0. The SMILES string of the molecule is CCC(C)CCOC(=O)C(C)CC. The molecule has 0 aliphatic rings. The van der Waals surface area contributed by atoms with Crippen molar-refractivity contribution in [2.45, 2.75) is 47.0 Å². The van der Waals surface area contributed by atoms with Crippen molar-refractivity contribution in [1.29, 1.82) is 0 Å². The molecule has 0 bridgehead atoms. The van der Waals surface area contributed by atoms with Crippen molar-refractivity contribution in [3.05, 3.63) is 0 Å². The van der Waals surface area contributed by atoms with Crippen LogP contribution in [0.1, 0.15) is 47.0 Å². The Morgan fingerprint density at radius 1 is 1.23 bits per heavy atom. The fourth-order valence-corrected chi connectivity index (χ4v) is 0.874. The first-order valence-corrected chi connectivity index (χ1v) is 5.28. The van der Waals surface area contributed by atoms with Crippen LogP contribution in [0.5, 0.6) is 0 Å². The number of rotatable bonds is 6. The Labute approximate surface area is 81.7 Å². The normalized spacial score (nSPS) is 15.1. The van der Waals surface area contributed by atoms with Crippen LogP contribution in [-0.4, -0.2) is 12.6 Å². The molecule has 2 atom stereocenters. The van der Waals surface area contributed by atoms with E-state index in [4.69, 9.17) is 4.74 Å². The van der Waals surface area contributed by atoms with E-state index < -0.39 is 0 Å². The van der Waals surface area contributed by atoms with E-state index in [0.717, 1.165) is 19.3 Å². The summed E-state index contributed by atoms with van der Waals surface area (Å²) in [6.07, 6.45) is 3.00. The van der Waals surface area contributed by atoms with Gasteiger partial charge in [-0.25, -0.2) is 0 Å². The molecule has 0 fully saturated rings. The smallest absolute Gasteiger partial charge is 0.308 e. The van der Waals surface area contributed by atoms with Gasteiger partial charge in [0.2, 0.25) is 0 Å². The molecular formula is C11H22O2. The summed E-state index contributed by atoms with van der Waals surface area (Å²) >= 11 is 0. The second-order valence-corrected chi connectivity index (χ2v) is 3.78. The number of hydrogen-bond acceptors (Lipinski definition) is 2. The van der Waals surface area contributed by atoms with Gasteiger partial charge in [-0.1, -0.05) is 34.1 Å². The molecule has 0 rings (SSSR count). The van der Waals surface area contributed by atoms with Gasteiger partial charge in [0.1, 0.15) is 0 Å². The Morgan fingerprint density at radius 2 is 1.85 bits per heavy atom. The van der Waals surface area contributed by atoms with Crippen LogP contribution >= 0.6 is 0 Å². The number of carbonyl (C=O) groups excluding carboxylic acids is 1. The van der Waals surface area contributed by atoms with Crippen LogP contribution in [-0.2, 0) is 9.53 Å². The summed E-state index contributed by atoms with van der Waals surface area (Å²) in [4.78, 5) is 11.2. The summed E-state index contributed by atoms with van der Waals surface area (Å²) in [5.74, 6) is 0.660. The summed E-state index contributed by atoms with van der Waals surface area (Å²) in [5.41, 5.74) is 0. The van der Waals surface area contributed by atoms with Crippen LogP contribution < -0.4 is 0 Å². The number of ether oxygens (including phenoxy) is 1. The largest absolute Gasteiger partial charge is 0.465 e. The zero-order valence-corrected chi connectivity index (χ0v) is 9.30. The molecule has 0 aromatic rings. The van der Waals surface area contributed by atoms with Crippen molar-refractivity contribution < 1.29 is 9.53 Å². The van der Waals surface area contributed by atoms with Crippen molar-refractivity contribution in [2.75, 3.05) is 6.61 Å². The molecule has 0 amide bonds. The molecule has 0 spiro atoms. The van der Waals surface area contributed by atoms with E-state index >= 15 is 0 Å². The average Bonchev–Trinajstić information content (AvgIpc) is 2.15. The third kappa shape index (κ3) is 5.67. The van der Waals surface area contributed by atoms with Crippen molar-refractivity contribution in [3.8, 4) is 0 Å². The lowest BCUT2D eigenvalue weighted by Crippen LogP contribution is -2.15. The minimum Gasteiger partial charge on any atom is -0.465 e. The molecule has 78 valence electrons. The Kier molecular flexibility index (Phi) is 6.65. The highest BCUT2D eigenvalue weighted by Crippen LogP contribution is 2.08. The molecule has 2 nitrogen and oxygen atoms in total. The van der Waals surface area contributed by atoms with E-state index in [1.54, 1.807) is 0 Å². The van der Waals surface area contributed by atoms with E-state index in [1.807, 2.05) is 13.8 Å².